The molecule has 1 aliphatic heterocycles. The van der Waals surface area contributed by atoms with Crippen molar-refractivity contribution in [3.8, 4) is 17.5 Å². The molecule has 0 N–H and O–H groups in total. The van der Waals surface area contributed by atoms with Crippen LogP contribution in [0, 0.1) is 6.92 Å². The summed E-state index contributed by atoms with van der Waals surface area (Å²) in [5.74, 6) is 1.76. The fourth-order valence-electron chi connectivity index (χ4n) is 3.25. The van der Waals surface area contributed by atoms with Crippen LogP contribution in [0.3, 0.4) is 0 Å². The standard InChI is InChI=1S/C20H25N3O4/c1-14-9-15(6-7-17(14)25-2)10-20(24)23-8-4-5-16(13-23)27-19-12-21-11-18(22-19)26-3/h6-7,9,11-12,16H,4-5,8,10,13H2,1-3H3. The van der Waals surface area contributed by atoms with E-state index in [1.165, 1.54) is 13.3 Å². The number of likely N-dealkylation sites (tertiary alicyclic amines) is 1. The SMILES string of the molecule is COc1cncc(OC2CCCN(C(=O)Cc3ccc(OC)c(C)c3)C2)n1. The van der Waals surface area contributed by atoms with Gasteiger partial charge in [0.15, 0.2) is 0 Å². The number of hydrogen-bond donors (Lipinski definition) is 0. The summed E-state index contributed by atoms with van der Waals surface area (Å²) in [6.45, 7) is 3.28. The van der Waals surface area contributed by atoms with Crippen molar-refractivity contribution in [3.05, 3.63) is 41.7 Å². The highest BCUT2D eigenvalue weighted by molar-refractivity contribution is 5.79. The average molecular weight is 371 g/mol. The van der Waals surface area contributed by atoms with E-state index in [1.54, 1.807) is 13.3 Å². The summed E-state index contributed by atoms with van der Waals surface area (Å²) in [6.07, 6.45) is 5.14. The highest BCUT2D eigenvalue weighted by atomic mass is 16.5. The number of aryl methyl sites for hydroxylation is 1. The lowest BCUT2D eigenvalue weighted by atomic mass is 10.0. The molecule has 3 rings (SSSR count). The molecule has 1 amide bonds. The Morgan fingerprint density at radius 1 is 1.22 bits per heavy atom. The zero-order valence-corrected chi connectivity index (χ0v) is 16.0. The number of carbonyl (C=O) groups excluding carboxylic acids is 1. The fraction of sp³-hybridized carbons (Fsp3) is 0.450. The summed E-state index contributed by atoms with van der Waals surface area (Å²) in [4.78, 5) is 22.9. The van der Waals surface area contributed by atoms with Crippen LogP contribution in [0.25, 0.3) is 0 Å². The second-order valence-electron chi connectivity index (χ2n) is 6.60. The zero-order chi connectivity index (χ0) is 19.2. The van der Waals surface area contributed by atoms with Crippen LogP contribution >= 0.6 is 0 Å². The summed E-state index contributed by atoms with van der Waals surface area (Å²) in [7, 11) is 3.18. The van der Waals surface area contributed by atoms with Crippen molar-refractivity contribution >= 4 is 5.91 Å². The number of methoxy groups -OCH3 is 2. The molecule has 2 aromatic rings. The summed E-state index contributed by atoms with van der Waals surface area (Å²) in [6, 6.07) is 5.84. The van der Waals surface area contributed by atoms with Gasteiger partial charge in [-0.15, -0.1) is 0 Å². The summed E-state index contributed by atoms with van der Waals surface area (Å²) >= 11 is 0. The smallest absolute Gasteiger partial charge is 0.235 e. The molecule has 1 saturated heterocycles. The molecule has 7 nitrogen and oxygen atoms in total. The van der Waals surface area contributed by atoms with E-state index in [1.807, 2.05) is 30.0 Å². The van der Waals surface area contributed by atoms with Gasteiger partial charge in [-0.1, -0.05) is 12.1 Å². The first-order valence-electron chi connectivity index (χ1n) is 9.03. The quantitative estimate of drug-likeness (QED) is 0.776. The Balaban J connectivity index is 1.59. The number of piperidine rings is 1. The van der Waals surface area contributed by atoms with E-state index in [-0.39, 0.29) is 12.0 Å². The van der Waals surface area contributed by atoms with Gasteiger partial charge in [-0.3, -0.25) is 9.78 Å². The van der Waals surface area contributed by atoms with E-state index < -0.39 is 0 Å². The molecule has 1 atom stereocenters. The predicted octanol–water partition coefficient (Wildman–Crippen LogP) is 2.41. The molecule has 0 radical (unpaired) electrons. The lowest BCUT2D eigenvalue weighted by molar-refractivity contribution is -0.133. The van der Waals surface area contributed by atoms with Crippen LogP contribution in [0.15, 0.2) is 30.6 Å². The third-order valence-electron chi connectivity index (χ3n) is 4.63. The van der Waals surface area contributed by atoms with Crippen LogP contribution in [0.4, 0.5) is 0 Å². The number of rotatable bonds is 6. The van der Waals surface area contributed by atoms with Crippen molar-refractivity contribution in [2.75, 3.05) is 27.3 Å². The Bertz CT molecular complexity index is 797. The third kappa shape index (κ3) is 4.87. The predicted molar refractivity (Wildman–Crippen MR) is 100 cm³/mol. The van der Waals surface area contributed by atoms with Crippen molar-refractivity contribution in [2.45, 2.75) is 32.3 Å². The zero-order valence-electron chi connectivity index (χ0n) is 16.0. The Morgan fingerprint density at radius 2 is 2.04 bits per heavy atom. The van der Waals surface area contributed by atoms with E-state index >= 15 is 0 Å². The molecule has 1 aromatic carbocycles. The summed E-state index contributed by atoms with van der Waals surface area (Å²) < 4.78 is 16.3. The Morgan fingerprint density at radius 3 is 2.78 bits per heavy atom. The van der Waals surface area contributed by atoms with Crippen molar-refractivity contribution in [3.63, 3.8) is 0 Å². The number of amides is 1. The minimum atomic E-state index is -0.0956. The average Bonchev–Trinajstić information content (AvgIpc) is 2.68. The number of hydrogen-bond acceptors (Lipinski definition) is 6. The summed E-state index contributed by atoms with van der Waals surface area (Å²) in [5.41, 5.74) is 2.01. The minimum absolute atomic E-state index is 0.0956. The van der Waals surface area contributed by atoms with Crippen LogP contribution < -0.4 is 14.2 Å². The molecule has 27 heavy (non-hydrogen) atoms. The molecule has 7 heteroatoms. The molecule has 1 aliphatic rings. The fourth-order valence-corrected chi connectivity index (χ4v) is 3.25. The van der Waals surface area contributed by atoms with Gasteiger partial charge in [0.25, 0.3) is 0 Å². The Kier molecular flexibility index (Phi) is 6.11. The molecule has 144 valence electrons. The van der Waals surface area contributed by atoms with Crippen molar-refractivity contribution < 1.29 is 19.0 Å². The molecule has 1 aromatic heterocycles. The van der Waals surface area contributed by atoms with Gasteiger partial charge >= 0.3 is 0 Å². The van der Waals surface area contributed by atoms with Gasteiger partial charge in [0.2, 0.25) is 17.7 Å². The van der Waals surface area contributed by atoms with Crippen LogP contribution in [0.2, 0.25) is 0 Å². The third-order valence-corrected chi connectivity index (χ3v) is 4.63. The Labute approximate surface area is 159 Å². The highest BCUT2D eigenvalue weighted by Gasteiger charge is 2.25. The normalized spacial score (nSPS) is 16.7. The number of benzene rings is 1. The first-order chi connectivity index (χ1) is 13.1. The summed E-state index contributed by atoms with van der Waals surface area (Å²) in [5, 5.41) is 0. The topological polar surface area (TPSA) is 73.8 Å². The molecule has 2 heterocycles. The maximum Gasteiger partial charge on any atom is 0.235 e. The maximum absolute atomic E-state index is 12.7. The van der Waals surface area contributed by atoms with E-state index in [0.29, 0.717) is 24.7 Å². The van der Waals surface area contributed by atoms with E-state index in [2.05, 4.69) is 9.97 Å². The first kappa shape index (κ1) is 18.9. The molecule has 0 aliphatic carbocycles. The molecular weight excluding hydrogens is 346 g/mol. The van der Waals surface area contributed by atoms with Crippen LogP contribution in [-0.2, 0) is 11.2 Å². The lowest BCUT2D eigenvalue weighted by Gasteiger charge is -2.32. The lowest BCUT2D eigenvalue weighted by Crippen LogP contribution is -2.45. The molecule has 0 saturated carbocycles. The number of nitrogens with zero attached hydrogens (tertiary/aromatic N) is 3. The van der Waals surface area contributed by atoms with Crippen molar-refractivity contribution in [2.24, 2.45) is 0 Å². The molecule has 0 bridgehead atoms. The monoisotopic (exact) mass is 371 g/mol. The van der Waals surface area contributed by atoms with Gasteiger partial charge in [-0.25, -0.2) is 0 Å². The molecule has 1 unspecified atom stereocenters. The van der Waals surface area contributed by atoms with Gasteiger partial charge < -0.3 is 19.1 Å². The van der Waals surface area contributed by atoms with E-state index in [0.717, 1.165) is 36.3 Å². The molecule has 1 fully saturated rings. The Hall–Kier alpha value is -2.83. The molecule has 0 spiro atoms. The van der Waals surface area contributed by atoms with Gasteiger partial charge in [-0.05, 0) is 37.0 Å². The minimum Gasteiger partial charge on any atom is -0.496 e. The van der Waals surface area contributed by atoms with E-state index in [4.69, 9.17) is 14.2 Å². The second-order valence-corrected chi connectivity index (χ2v) is 6.60. The van der Waals surface area contributed by atoms with Crippen molar-refractivity contribution in [1.82, 2.24) is 14.9 Å². The van der Waals surface area contributed by atoms with Crippen LogP contribution in [0.1, 0.15) is 24.0 Å². The van der Waals surface area contributed by atoms with E-state index in [9.17, 15) is 4.79 Å². The van der Waals surface area contributed by atoms with Gasteiger partial charge in [0.05, 0.1) is 39.6 Å². The first-order valence-corrected chi connectivity index (χ1v) is 9.03. The number of aromatic nitrogens is 2. The van der Waals surface area contributed by atoms with Crippen LogP contribution in [-0.4, -0.2) is 54.2 Å². The van der Waals surface area contributed by atoms with Crippen molar-refractivity contribution in [1.29, 1.82) is 0 Å². The number of ether oxygens (including phenoxy) is 3. The highest BCUT2D eigenvalue weighted by Crippen LogP contribution is 2.21. The molecular formula is C20H25N3O4. The largest absolute Gasteiger partial charge is 0.496 e. The van der Waals surface area contributed by atoms with Gasteiger partial charge in [-0.2, -0.15) is 4.98 Å². The van der Waals surface area contributed by atoms with Gasteiger partial charge in [0.1, 0.15) is 11.9 Å². The number of carbonyl (C=O) groups is 1. The second kappa shape index (κ2) is 8.70. The van der Waals surface area contributed by atoms with Gasteiger partial charge in [0, 0.05) is 6.54 Å². The maximum atomic E-state index is 12.7. The van der Waals surface area contributed by atoms with Crippen LogP contribution in [0.5, 0.6) is 17.5 Å².